The molecule has 0 aromatic heterocycles. The second kappa shape index (κ2) is 6.60. The predicted molar refractivity (Wildman–Crippen MR) is 78.3 cm³/mol. The van der Waals surface area contributed by atoms with Crippen molar-refractivity contribution in [1.29, 1.82) is 0 Å². The summed E-state index contributed by atoms with van der Waals surface area (Å²) in [5.74, 6) is 0.171. The highest BCUT2D eigenvalue weighted by atomic mass is 32.2. The first-order valence-corrected chi connectivity index (χ1v) is 7.79. The Kier molecular flexibility index (Phi) is 5.38. The molecule has 0 radical (unpaired) electrons. The van der Waals surface area contributed by atoms with E-state index in [-0.39, 0.29) is 17.6 Å². The van der Waals surface area contributed by atoms with Gasteiger partial charge in [-0.1, -0.05) is 0 Å². The molecule has 0 spiro atoms. The van der Waals surface area contributed by atoms with Crippen molar-refractivity contribution in [2.24, 2.45) is 0 Å². The average Bonchev–Trinajstić information content (AvgIpc) is 2.35. The summed E-state index contributed by atoms with van der Waals surface area (Å²) in [5.41, 5.74) is 0.942. The first kappa shape index (κ1) is 16.3. The number of hydrogen-bond donors (Lipinski definition) is 0. The third-order valence-electron chi connectivity index (χ3n) is 3.11. The highest BCUT2D eigenvalue weighted by Crippen LogP contribution is 2.19. The second-order valence-corrected chi connectivity index (χ2v) is 6.24. The minimum Gasteiger partial charge on any atom is -0.338 e. The predicted octanol–water partition coefficient (Wildman–Crippen LogP) is 1.74. The van der Waals surface area contributed by atoms with Crippen LogP contribution < -0.4 is 0 Å². The maximum atomic E-state index is 12.3. The molecule has 0 saturated heterocycles. The van der Waals surface area contributed by atoms with E-state index in [1.807, 2.05) is 6.92 Å². The molecule has 7 heteroatoms. The van der Waals surface area contributed by atoms with Crippen LogP contribution in [0.1, 0.15) is 22.8 Å². The molecule has 2 atom stereocenters. The summed E-state index contributed by atoms with van der Waals surface area (Å²) in [7, 11) is 0.652. The van der Waals surface area contributed by atoms with Crippen LogP contribution in [-0.4, -0.2) is 45.0 Å². The number of carbonyl (C=O) groups excluding carboxylic acids is 1. The Morgan fingerprint density at radius 3 is 2.55 bits per heavy atom. The number of amides is 1. The Balaban J connectivity index is 2.97. The lowest BCUT2D eigenvalue weighted by molar-refractivity contribution is -0.384. The average molecular weight is 298 g/mol. The highest BCUT2D eigenvalue weighted by molar-refractivity contribution is 7.84. The summed E-state index contributed by atoms with van der Waals surface area (Å²) in [6.07, 6.45) is 1.59. The van der Waals surface area contributed by atoms with Gasteiger partial charge in [0.2, 0.25) is 0 Å². The lowest BCUT2D eigenvalue weighted by atomic mass is 10.1. The molecule has 20 heavy (non-hydrogen) atoms. The van der Waals surface area contributed by atoms with Crippen molar-refractivity contribution in [1.82, 2.24) is 4.90 Å². The number of nitro benzene ring substituents is 1. The first-order valence-electron chi connectivity index (χ1n) is 6.06. The van der Waals surface area contributed by atoms with E-state index < -0.39 is 15.7 Å². The molecule has 6 nitrogen and oxygen atoms in total. The number of rotatable bonds is 5. The summed E-state index contributed by atoms with van der Waals surface area (Å²) >= 11 is 0. The van der Waals surface area contributed by atoms with Gasteiger partial charge in [-0.3, -0.25) is 19.1 Å². The Hall–Kier alpha value is -1.76. The zero-order chi connectivity index (χ0) is 15.4. The topological polar surface area (TPSA) is 80.5 Å². The molecule has 0 N–H and O–H groups in total. The minimum atomic E-state index is -0.988. The molecule has 1 amide bonds. The van der Waals surface area contributed by atoms with Gasteiger partial charge in [0, 0.05) is 53.6 Å². The molecule has 0 aliphatic carbocycles. The number of carbonyl (C=O) groups is 1. The molecule has 0 fully saturated rings. The van der Waals surface area contributed by atoms with Gasteiger partial charge >= 0.3 is 0 Å². The summed E-state index contributed by atoms with van der Waals surface area (Å²) in [6.45, 7) is 3.48. The monoisotopic (exact) mass is 298 g/mol. The van der Waals surface area contributed by atoms with Crippen LogP contribution in [0.2, 0.25) is 0 Å². The molecule has 0 saturated carbocycles. The maximum absolute atomic E-state index is 12.3. The van der Waals surface area contributed by atoms with E-state index in [9.17, 15) is 19.1 Å². The van der Waals surface area contributed by atoms with Crippen LogP contribution in [0.25, 0.3) is 0 Å². The van der Waals surface area contributed by atoms with Gasteiger partial charge in [0.15, 0.2) is 0 Å². The van der Waals surface area contributed by atoms with E-state index in [2.05, 4.69) is 0 Å². The maximum Gasteiger partial charge on any atom is 0.269 e. The smallest absolute Gasteiger partial charge is 0.269 e. The van der Waals surface area contributed by atoms with E-state index in [0.717, 1.165) is 0 Å². The molecule has 1 aromatic rings. The van der Waals surface area contributed by atoms with Crippen LogP contribution in [-0.2, 0) is 10.8 Å². The molecule has 110 valence electrons. The Bertz CT molecular complexity index is 559. The Morgan fingerprint density at radius 1 is 1.50 bits per heavy atom. The number of nitro groups is 1. The van der Waals surface area contributed by atoms with Crippen LogP contribution in [0, 0.1) is 17.0 Å². The fourth-order valence-electron chi connectivity index (χ4n) is 1.84. The quantitative estimate of drug-likeness (QED) is 0.612. The van der Waals surface area contributed by atoms with Crippen LogP contribution in [0.15, 0.2) is 18.2 Å². The van der Waals surface area contributed by atoms with Gasteiger partial charge in [0.05, 0.1) is 4.92 Å². The fourth-order valence-corrected chi connectivity index (χ4v) is 2.75. The van der Waals surface area contributed by atoms with Gasteiger partial charge in [-0.25, -0.2) is 0 Å². The van der Waals surface area contributed by atoms with Crippen molar-refractivity contribution in [3.05, 3.63) is 39.4 Å². The lowest BCUT2D eigenvalue weighted by Crippen LogP contribution is -2.38. The van der Waals surface area contributed by atoms with Gasteiger partial charge in [-0.15, -0.1) is 0 Å². The van der Waals surface area contributed by atoms with Gasteiger partial charge in [-0.05, 0) is 25.5 Å². The molecule has 0 heterocycles. The van der Waals surface area contributed by atoms with Crippen molar-refractivity contribution in [2.75, 3.05) is 19.1 Å². The normalized spacial score (nSPS) is 13.6. The zero-order valence-electron chi connectivity index (χ0n) is 12.0. The van der Waals surface area contributed by atoms with Gasteiger partial charge < -0.3 is 4.90 Å². The number of aryl methyl sites for hydroxylation is 1. The van der Waals surface area contributed by atoms with Crippen molar-refractivity contribution in [2.45, 2.75) is 19.9 Å². The standard InChI is InChI=1S/C13H18N2O4S/c1-9-7-11(15(17)18)5-6-12(9)13(16)14(3)10(2)8-20(4)19/h5-7,10H,8H2,1-4H3/t10-,20+/m0/s1. The van der Waals surface area contributed by atoms with Crippen LogP contribution in [0.3, 0.4) is 0 Å². The number of benzene rings is 1. The molecule has 1 aromatic carbocycles. The number of hydrogen-bond acceptors (Lipinski definition) is 4. The van der Waals surface area contributed by atoms with Gasteiger partial charge in [-0.2, -0.15) is 0 Å². The molecular weight excluding hydrogens is 280 g/mol. The largest absolute Gasteiger partial charge is 0.338 e. The molecule has 0 aliphatic rings. The van der Waals surface area contributed by atoms with Crippen LogP contribution in [0.5, 0.6) is 0 Å². The highest BCUT2D eigenvalue weighted by Gasteiger charge is 2.21. The summed E-state index contributed by atoms with van der Waals surface area (Å²) < 4.78 is 11.2. The molecule has 0 aliphatic heterocycles. The first-order chi connectivity index (χ1) is 9.23. The number of non-ortho nitro benzene ring substituents is 1. The van der Waals surface area contributed by atoms with Crippen molar-refractivity contribution in [3.63, 3.8) is 0 Å². The third kappa shape index (κ3) is 3.86. The van der Waals surface area contributed by atoms with Crippen molar-refractivity contribution < 1.29 is 13.9 Å². The Labute approximate surface area is 120 Å². The van der Waals surface area contributed by atoms with Crippen molar-refractivity contribution in [3.8, 4) is 0 Å². The van der Waals surface area contributed by atoms with E-state index in [0.29, 0.717) is 16.9 Å². The molecule has 0 bridgehead atoms. The van der Waals surface area contributed by atoms with E-state index in [1.54, 1.807) is 20.2 Å². The Morgan fingerprint density at radius 2 is 2.10 bits per heavy atom. The summed E-state index contributed by atoms with van der Waals surface area (Å²) in [5, 5.41) is 10.7. The second-order valence-electron chi connectivity index (χ2n) is 4.76. The van der Waals surface area contributed by atoms with E-state index in [1.165, 1.54) is 23.1 Å². The van der Waals surface area contributed by atoms with Crippen molar-refractivity contribution >= 4 is 22.4 Å². The lowest BCUT2D eigenvalue weighted by Gasteiger charge is -2.24. The SMILES string of the molecule is Cc1cc([N+](=O)[O-])ccc1C(=O)N(C)[C@@H](C)C[S@@](C)=O. The summed E-state index contributed by atoms with van der Waals surface area (Å²) in [6, 6.07) is 3.99. The van der Waals surface area contributed by atoms with Gasteiger partial charge in [0.25, 0.3) is 11.6 Å². The van der Waals surface area contributed by atoms with Crippen LogP contribution >= 0.6 is 0 Å². The summed E-state index contributed by atoms with van der Waals surface area (Å²) in [4.78, 5) is 24.0. The molecular formula is C13H18N2O4S. The molecule has 1 rings (SSSR count). The minimum absolute atomic E-state index is 0.0376. The zero-order valence-corrected chi connectivity index (χ0v) is 12.8. The fraction of sp³-hybridized carbons (Fsp3) is 0.462. The number of nitrogens with zero attached hydrogens (tertiary/aromatic N) is 2. The van der Waals surface area contributed by atoms with Crippen LogP contribution in [0.4, 0.5) is 5.69 Å². The van der Waals surface area contributed by atoms with E-state index in [4.69, 9.17) is 0 Å². The molecule has 0 unspecified atom stereocenters. The third-order valence-corrected chi connectivity index (χ3v) is 4.06. The van der Waals surface area contributed by atoms with E-state index >= 15 is 0 Å². The van der Waals surface area contributed by atoms with Gasteiger partial charge in [0.1, 0.15) is 0 Å².